The van der Waals surface area contributed by atoms with Crippen molar-refractivity contribution in [3.05, 3.63) is 0 Å². The lowest BCUT2D eigenvalue weighted by Crippen LogP contribution is -2.23. The smallest absolute Gasteiger partial charge is 0.306 e. The van der Waals surface area contributed by atoms with Crippen LogP contribution in [0.25, 0.3) is 0 Å². The zero-order chi connectivity index (χ0) is 14.9. The van der Waals surface area contributed by atoms with Crippen molar-refractivity contribution in [2.45, 2.75) is 53.4 Å². The molecule has 0 bridgehead atoms. The van der Waals surface area contributed by atoms with Gasteiger partial charge < -0.3 is 14.3 Å². The second-order valence-electron chi connectivity index (χ2n) is 6.14. The second kappa shape index (κ2) is 9.08. The average Bonchev–Trinajstić information content (AvgIpc) is 2.22. The third kappa shape index (κ3) is 10.7. The third-order valence-corrected chi connectivity index (χ3v) is 2.89. The maximum atomic E-state index is 11.6. The highest BCUT2D eigenvalue weighted by Gasteiger charge is 2.22. The number of carbonyl (C=O) groups is 2. The van der Waals surface area contributed by atoms with Gasteiger partial charge in [0.25, 0.3) is 0 Å². The summed E-state index contributed by atoms with van der Waals surface area (Å²) >= 11 is 0. The predicted octanol–water partition coefficient (Wildman–Crippen LogP) is 2.99. The summed E-state index contributed by atoms with van der Waals surface area (Å²) in [7, 11) is 1.69. The molecule has 112 valence electrons. The van der Waals surface area contributed by atoms with Gasteiger partial charge in [-0.1, -0.05) is 20.8 Å². The molecule has 0 rings (SSSR count). The first-order chi connectivity index (χ1) is 8.76. The first kappa shape index (κ1) is 18.1. The molecule has 0 aliphatic carbocycles. The van der Waals surface area contributed by atoms with Gasteiger partial charge in [-0.05, 0) is 31.1 Å². The molecular formula is C15H28O4. The van der Waals surface area contributed by atoms with Crippen molar-refractivity contribution in [1.82, 2.24) is 0 Å². The summed E-state index contributed by atoms with van der Waals surface area (Å²) in [5.74, 6) is 0.223. The molecule has 0 aliphatic rings. The Labute approximate surface area is 116 Å². The number of hydrogen-bond acceptors (Lipinski definition) is 4. The van der Waals surface area contributed by atoms with Gasteiger partial charge in [-0.2, -0.15) is 0 Å². The molecule has 19 heavy (non-hydrogen) atoms. The van der Waals surface area contributed by atoms with Crippen LogP contribution in [0.15, 0.2) is 0 Å². The summed E-state index contributed by atoms with van der Waals surface area (Å²) in [5.41, 5.74) is 0.0725. The first-order valence-corrected chi connectivity index (χ1v) is 6.91. The molecule has 0 saturated carbocycles. The Morgan fingerprint density at radius 1 is 1.26 bits per heavy atom. The number of methoxy groups -OCH3 is 1. The molecule has 0 aliphatic heterocycles. The molecule has 0 aromatic rings. The zero-order valence-corrected chi connectivity index (χ0v) is 13.0. The van der Waals surface area contributed by atoms with E-state index in [1.54, 1.807) is 14.0 Å². The van der Waals surface area contributed by atoms with Gasteiger partial charge in [0.05, 0.1) is 13.2 Å². The van der Waals surface area contributed by atoms with E-state index in [1.165, 1.54) is 0 Å². The highest BCUT2D eigenvalue weighted by Crippen LogP contribution is 2.27. The van der Waals surface area contributed by atoms with E-state index in [2.05, 4.69) is 13.8 Å². The number of rotatable bonds is 10. The fourth-order valence-electron chi connectivity index (χ4n) is 2.32. The molecule has 0 N–H and O–H groups in total. The monoisotopic (exact) mass is 272 g/mol. The molecule has 4 nitrogen and oxygen atoms in total. The van der Waals surface area contributed by atoms with Crippen LogP contribution in [0.2, 0.25) is 0 Å². The molecule has 1 unspecified atom stereocenters. The van der Waals surface area contributed by atoms with E-state index in [0.717, 1.165) is 6.42 Å². The van der Waals surface area contributed by atoms with Crippen molar-refractivity contribution in [3.63, 3.8) is 0 Å². The quantitative estimate of drug-likeness (QED) is 0.453. The number of hydrogen-bond donors (Lipinski definition) is 0. The molecular weight excluding hydrogens is 244 g/mol. The van der Waals surface area contributed by atoms with Gasteiger partial charge in [-0.15, -0.1) is 0 Å². The highest BCUT2D eigenvalue weighted by atomic mass is 16.5. The van der Waals surface area contributed by atoms with Gasteiger partial charge in [0.2, 0.25) is 0 Å². The minimum Gasteiger partial charge on any atom is -0.466 e. The van der Waals surface area contributed by atoms with Gasteiger partial charge in [-0.25, -0.2) is 0 Å². The summed E-state index contributed by atoms with van der Waals surface area (Å²) in [6.45, 7) is 8.88. The van der Waals surface area contributed by atoms with Crippen LogP contribution in [0.4, 0.5) is 0 Å². The predicted molar refractivity (Wildman–Crippen MR) is 74.9 cm³/mol. The SMILES string of the molecule is COCC(C)(C)CC(C)CC(=O)OCCCC(C)=O. The molecule has 4 heteroatoms. The first-order valence-electron chi connectivity index (χ1n) is 6.91. The fraction of sp³-hybridized carbons (Fsp3) is 0.867. The minimum atomic E-state index is -0.177. The van der Waals surface area contributed by atoms with Gasteiger partial charge in [0, 0.05) is 20.0 Å². The van der Waals surface area contributed by atoms with E-state index >= 15 is 0 Å². The van der Waals surface area contributed by atoms with E-state index in [9.17, 15) is 9.59 Å². The summed E-state index contributed by atoms with van der Waals surface area (Å²) in [4.78, 5) is 22.3. The van der Waals surface area contributed by atoms with E-state index in [0.29, 0.717) is 32.5 Å². The average molecular weight is 272 g/mol. The number of Topliss-reactive ketones (excluding diaryl/α,β-unsaturated/α-hetero) is 1. The molecule has 0 saturated heterocycles. The van der Waals surface area contributed by atoms with Gasteiger partial charge in [0.15, 0.2) is 0 Å². The zero-order valence-electron chi connectivity index (χ0n) is 13.0. The van der Waals surface area contributed by atoms with Crippen LogP contribution in [-0.2, 0) is 19.1 Å². The van der Waals surface area contributed by atoms with Crippen molar-refractivity contribution in [1.29, 1.82) is 0 Å². The summed E-state index contributed by atoms with van der Waals surface area (Å²) in [5, 5.41) is 0. The second-order valence-corrected chi connectivity index (χ2v) is 6.14. The number of esters is 1. The minimum absolute atomic E-state index is 0.0725. The third-order valence-electron chi connectivity index (χ3n) is 2.89. The molecule has 0 aromatic heterocycles. The van der Waals surface area contributed by atoms with Crippen LogP contribution in [0.3, 0.4) is 0 Å². The topological polar surface area (TPSA) is 52.6 Å². The van der Waals surface area contributed by atoms with Crippen LogP contribution >= 0.6 is 0 Å². The summed E-state index contributed by atoms with van der Waals surface area (Å²) in [6.07, 6.45) is 2.44. The maximum Gasteiger partial charge on any atom is 0.306 e. The largest absolute Gasteiger partial charge is 0.466 e. The Balaban J connectivity index is 3.83. The van der Waals surface area contributed by atoms with E-state index in [1.807, 2.05) is 6.92 Å². The maximum absolute atomic E-state index is 11.6. The van der Waals surface area contributed by atoms with Crippen molar-refractivity contribution in [2.24, 2.45) is 11.3 Å². The Morgan fingerprint density at radius 2 is 1.89 bits per heavy atom. The van der Waals surface area contributed by atoms with Crippen LogP contribution < -0.4 is 0 Å². The van der Waals surface area contributed by atoms with Gasteiger partial charge in [0.1, 0.15) is 5.78 Å². The fourth-order valence-corrected chi connectivity index (χ4v) is 2.32. The Morgan fingerprint density at radius 3 is 2.42 bits per heavy atom. The number of ether oxygens (including phenoxy) is 2. The molecule has 0 aromatic carbocycles. The van der Waals surface area contributed by atoms with Crippen LogP contribution in [0.5, 0.6) is 0 Å². The number of ketones is 1. The van der Waals surface area contributed by atoms with Crippen molar-refractivity contribution >= 4 is 11.8 Å². The Kier molecular flexibility index (Phi) is 8.65. The lowest BCUT2D eigenvalue weighted by molar-refractivity contribution is -0.145. The lowest BCUT2D eigenvalue weighted by atomic mass is 9.83. The van der Waals surface area contributed by atoms with Crippen molar-refractivity contribution in [3.8, 4) is 0 Å². The molecule has 0 spiro atoms. The van der Waals surface area contributed by atoms with Crippen molar-refractivity contribution < 1.29 is 19.1 Å². The molecule has 0 fully saturated rings. The Hall–Kier alpha value is -0.900. The van der Waals surface area contributed by atoms with Gasteiger partial charge in [-0.3, -0.25) is 4.79 Å². The van der Waals surface area contributed by atoms with Crippen LogP contribution in [0.1, 0.15) is 53.4 Å². The number of carbonyl (C=O) groups excluding carboxylic acids is 2. The van der Waals surface area contributed by atoms with E-state index in [4.69, 9.17) is 9.47 Å². The van der Waals surface area contributed by atoms with Crippen molar-refractivity contribution in [2.75, 3.05) is 20.3 Å². The van der Waals surface area contributed by atoms with Gasteiger partial charge >= 0.3 is 5.97 Å². The molecule has 0 heterocycles. The summed E-state index contributed by atoms with van der Waals surface area (Å²) < 4.78 is 10.3. The highest BCUT2D eigenvalue weighted by molar-refractivity contribution is 5.75. The lowest BCUT2D eigenvalue weighted by Gasteiger charge is -2.26. The Bertz CT molecular complexity index is 284. The summed E-state index contributed by atoms with van der Waals surface area (Å²) in [6, 6.07) is 0. The van der Waals surface area contributed by atoms with Crippen LogP contribution in [-0.4, -0.2) is 32.1 Å². The molecule has 0 amide bonds. The molecule has 1 atom stereocenters. The van der Waals surface area contributed by atoms with Crippen LogP contribution in [0, 0.1) is 11.3 Å². The van der Waals surface area contributed by atoms with E-state index in [-0.39, 0.29) is 23.1 Å². The van der Waals surface area contributed by atoms with E-state index < -0.39 is 0 Å². The normalized spacial score (nSPS) is 13.1. The standard InChI is InChI=1S/C15H28O4/c1-12(10-15(3,4)11-18-5)9-14(17)19-8-6-7-13(2)16/h12H,6-11H2,1-5H3. The molecule has 0 radical (unpaired) electrons.